The van der Waals surface area contributed by atoms with Crippen LogP contribution in [0.15, 0.2) is 77.8 Å². The molecule has 1 N–H and O–H groups in total. The summed E-state index contributed by atoms with van der Waals surface area (Å²) in [4.78, 5) is 6.96. The van der Waals surface area contributed by atoms with Crippen molar-refractivity contribution in [2.45, 2.75) is 38.8 Å². The van der Waals surface area contributed by atoms with E-state index in [1.807, 2.05) is 100 Å². The fraction of sp³-hybridized carbons (Fsp3) is 0.296. The minimum Gasteiger partial charge on any atom is -0.497 e. The van der Waals surface area contributed by atoms with Crippen LogP contribution in [0.2, 0.25) is 0 Å². The van der Waals surface area contributed by atoms with Crippen molar-refractivity contribution in [2.75, 3.05) is 19.1 Å². The van der Waals surface area contributed by atoms with E-state index in [9.17, 15) is 5.21 Å². The predicted molar refractivity (Wildman–Crippen MR) is 133 cm³/mol. The molecule has 0 radical (unpaired) electrons. The second kappa shape index (κ2) is 8.45. The van der Waals surface area contributed by atoms with E-state index in [0.717, 1.165) is 34.1 Å². The molecule has 6 nitrogen and oxygen atoms in total. The zero-order valence-electron chi connectivity index (χ0n) is 20.0. The molecule has 0 spiro atoms. The lowest BCUT2D eigenvalue weighted by atomic mass is 9.84. The summed E-state index contributed by atoms with van der Waals surface area (Å²) in [6, 6.07) is 24.0. The van der Waals surface area contributed by atoms with Crippen molar-refractivity contribution in [2.24, 2.45) is 4.99 Å². The molecule has 0 fully saturated rings. The van der Waals surface area contributed by atoms with Crippen LogP contribution in [0.3, 0.4) is 0 Å². The first kappa shape index (κ1) is 22.7. The Morgan fingerprint density at radius 1 is 0.697 bits per heavy atom. The number of anilines is 3. The average Bonchev–Trinajstić information content (AvgIpc) is 2.99. The minimum atomic E-state index is -0.501. The van der Waals surface area contributed by atoms with Gasteiger partial charge in [-0.25, -0.2) is 5.06 Å². The average molecular weight is 446 g/mol. The molecular formula is C27H31N3O3. The lowest BCUT2D eigenvalue weighted by Crippen LogP contribution is -2.51. The Morgan fingerprint density at radius 3 is 1.42 bits per heavy atom. The highest BCUT2D eigenvalue weighted by Crippen LogP contribution is 2.39. The number of ether oxygens (including phenoxy) is 2. The van der Waals surface area contributed by atoms with E-state index in [-0.39, 0.29) is 0 Å². The number of benzene rings is 3. The van der Waals surface area contributed by atoms with Crippen LogP contribution in [-0.4, -0.2) is 41.4 Å². The first-order chi connectivity index (χ1) is 15.7. The maximum Gasteiger partial charge on any atom is 0.156 e. The van der Waals surface area contributed by atoms with Crippen molar-refractivity contribution in [3.63, 3.8) is 0 Å². The van der Waals surface area contributed by atoms with Crippen LogP contribution in [0, 0.1) is 0 Å². The van der Waals surface area contributed by atoms with E-state index in [4.69, 9.17) is 14.5 Å². The summed E-state index contributed by atoms with van der Waals surface area (Å²) in [5, 5.41) is 12.1. The zero-order chi connectivity index (χ0) is 23.8. The fourth-order valence-electron chi connectivity index (χ4n) is 3.83. The van der Waals surface area contributed by atoms with Gasteiger partial charge in [0.1, 0.15) is 11.5 Å². The van der Waals surface area contributed by atoms with Gasteiger partial charge in [0.15, 0.2) is 5.84 Å². The number of methoxy groups -OCH3 is 2. The third-order valence-corrected chi connectivity index (χ3v) is 6.66. The smallest absolute Gasteiger partial charge is 0.156 e. The molecule has 0 bridgehead atoms. The van der Waals surface area contributed by atoms with Crippen LogP contribution in [-0.2, 0) is 0 Å². The molecule has 4 rings (SSSR count). The largest absolute Gasteiger partial charge is 0.497 e. The van der Waals surface area contributed by atoms with Gasteiger partial charge in [-0.15, -0.1) is 0 Å². The normalized spacial score (nSPS) is 16.3. The van der Waals surface area contributed by atoms with Crippen molar-refractivity contribution in [3.05, 3.63) is 78.4 Å². The SMILES string of the molecule is COc1ccc(N(c2ccc(OC)cc2)c2ccc(C3=NC(C)(C)C(C)(C)N3O)cc2)cc1. The van der Waals surface area contributed by atoms with Gasteiger partial charge in [0.05, 0.1) is 25.3 Å². The van der Waals surface area contributed by atoms with Crippen LogP contribution >= 0.6 is 0 Å². The highest BCUT2D eigenvalue weighted by molar-refractivity contribution is 6.00. The lowest BCUT2D eigenvalue weighted by molar-refractivity contribution is -0.0992. The van der Waals surface area contributed by atoms with E-state index in [1.165, 1.54) is 5.06 Å². The van der Waals surface area contributed by atoms with Crippen molar-refractivity contribution >= 4 is 22.9 Å². The third kappa shape index (κ3) is 4.02. The van der Waals surface area contributed by atoms with Gasteiger partial charge in [-0.05, 0) is 100 Å². The Hall–Kier alpha value is -3.51. The summed E-state index contributed by atoms with van der Waals surface area (Å²) in [6.07, 6.45) is 0. The summed E-state index contributed by atoms with van der Waals surface area (Å²) >= 11 is 0. The molecule has 0 unspecified atom stereocenters. The fourth-order valence-corrected chi connectivity index (χ4v) is 3.83. The summed E-state index contributed by atoms with van der Waals surface area (Å²) in [6.45, 7) is 8.05. The standard InChI is InChI=1S/C27H31N3O3/c1-26(2)27(3,4)30(31)25(28-26)19-7-9-20(10-8-19)29(21-11-15-23(32-5)16-12-21)22-13-17-24(33-6)18-14-22/h7-18,31H,1-6H3. The number of nitrogens with zero attached hydrogens (tertiary/aromatic N) is 3. The van der Waals surface area contributed by atoms with E-state index in [0.29, 0.717) is 5.84 Å². The van der Waals surface area contributed by atoms with E-state index in [1.54, 1.807) is 14.2 Å². The number of hydroxylamine groups is 2. The molecule has 33 heavy (non-hydrogen) atoms. The number of hydrogen-bond donors (Lipinski definition) is 1. The molecule has 0 aliphatic carbocycles. The van der Waals surface area contributed by atoms with Crippen LogP contribution in [0.4, 0.5) is 17.1 Å². The number of rotatable bonds is 6. The Morgan fingerprint density at radius 2 is 1.09 bits per heavy atom. The van der Waals surface area contributed by atoms with Crippen LogP contribution in [0.1, 0.15) is 33.3 Å². The topological polar surface area (TPSA) is 57.5 Å². The molecule has 6 heteroatoms. The maximum atomic E-state index is 10.8. The molecule has 0 aromatic heterocycles. The summed E-state index contributed by atoms with van der Waals surface area (Å²) in [5.74, 6) is 2.18. The lowest BCUT2D eigenvalue weighted by Gasteiger charge is -2.36. The Kier molecular flexibility index (Phi) is 5.80. The number of hydrogen-bond acceptors (Lipinski definition) is 6. The Balaban J connectivity index is 1.73. The highest BCUT2D eigenvalue weighted by Gasteiger charge is 2.49. The van der Waals surface area contributed by atoms with Gasteiger partial charge < -0.3 is 14.4 Å². The van der Waals surface area contributed by atoms with Gasteiger partial charge in [-0.3, -0.25) is 10.2 Å². The van der Waals surface area contributed by atoms with Crippen LogP contribution in [0.5, 0.6) is 11.5 Å². The van der Waals surface area contributed by atoms with Crippen molar-refractivity contribution in [1.82, 2.24) is 5.06 Å². The second-order valence-corrected chi connectivity index (χ2v) is 9.14. The first-order valence-corrected chi connectivity index (χ1v) is 11.0. The second-order valence-electron chi connectivity index (χ2n) is 9.14. The van der Waals surface area contributed by atoms with Gasteiger partial charge in [0.2, 0.25) is 0 Å². The minimum absolute atomic E-state index is 0.409. The molecule has 1 aliphatic heterocycles. The van der Waals surface area contributed by atoms with Gasteiger partial charge in [-0.2, -0.15) is 0 Å². The summed E-state index contributed by atoms with van der Waals surface area (Å²) in [7, 11) is 3.32. The summed E-state index contributed by atoms with van der Waals surface area (Å²) in [5.41, 5.74) is 2.93. The molecule has 1 aliphatic rings. The molecule has 3 aromatic carbocycles. The van der Waals surface area contributed by atoms with E-state index < -0.39 is 11.1 Å². The van der Waals surface area contributed by atoms with Crippen molar-refractivity contribution in [3.8, 4) is 11.5 Å². The predicted octanol–water partition coefficient (Wildman–Crippen LogP) is 6.18. The first-order valence-electron chi connectivity index (χ1n) is 11.0. The number of aliphatic imine (C=N–C) groups is 1. The highest BCUT2D eigenvalue weighted by atomic mass is 16.5. The van der Waals surface area contributed by atoms with Crippen molar-refractivity contribution in [1.29, 1.82) is 0 Å². The Bertz CT molecular complexity index is 1090. The monoisotopic (exact) mass is 445 g/mol. The molecule has 3 aromatic rings. The van der Waals surface area contributed by atoms with E-state index in [2.05, 4.69) is 4.90 Å². The van der Waals surface area contributed by atoms with Gasteiger partial charge in [0.25, 0.3) is 0 Å². The quantitative estimate of drug-likeness (QED) is 0.491. The van der Waals surface area contributed by atoms with Crippen LogP contribution < -0.4 is 14.4 Å². The zero-order valence-corrected chi connectivity index (χ0v) is 20.0. The maximum absolute atomic E-state index is 10.8. The summed E-state index contributed by atoms with van der Waals surface area (Å²) < 4.78 is 10.7. The molecule has 0 atom stereocenters. The third-order valence-electron chi connectivity index (χ3n) is 6.66. The van der Waals surface area contributed by atoms with Gasteiger partial charge >= 0.3 is 0 Å². The molecule has 0 saturated carbocycles. The number of amidine groups is 1. The van der Waals surface area contributed by atoms with Gasteiger partial charge in [0, 0.05) is 22.6 Å². The molecule has 1 heterocycles. The van der Waals surface area contributed by atoms with E-state index >= 15 is 0 Å². The van der Waals surface area contributed by atoms with Gasteiger partial charge in [-0.1, -0.05) is 0 Å². The van der Waals surface area contributed by atoms with Crippen molar-refractivity contribution < 1.29 is 14.7 Å². The molecule has 0 saturated heterocycles. The molecular weight excluding hydrogens is 414 g/mol. The molecule has 0 amide bonds. The Labute approximate surface area is 195 Å². The van der Waals surface area contributed by atoms with Crippen LogP contribution in [0.25, 0.3) is 0 Å². The molecule has 172 valence electrons.